The predicted molar refractivity (Wildman–Crippen MR) is 97.3 cm³/mol. The van der Waals surface area contributed by atoms with Crippen molar-refractivity contribution in [2.45, 2.75) is 37.1 Å². The Morgan fingerprint density at radius 2 is 1.77 bits per heavy atom. The van der Waals surface area contributed by atoms with Crippen molar-refractivity contribution < 1.29 is 18.0 Å². The summed E-state index contributed by atoms with van der Waals surface area (Å²) in [6.07, 6.45) is 1.99. The summed E-state index contributed by atoms with van der Waals surface area (Å²) in [5.41, 5.74) is 0.487. The van der Waals surface area contributed by atoms with Crippen LogP contribution in [0.2, 0.25) is 0 Å². The average molecular weight is 379 g/mol. The Bertz CT molecular complexity index is 762. The highest BCUT2D eigenvalue weighted by molar-refractivity contribution is 7.89. The second kappa shape index (κ2) is 7.85. The van der Waals surface area contributed by atoms with E-state index in [2.05, 4.69) is 10.6 Å². The molecule has 0 saturated carbocycles. The van der Waals surface area contributed by atoms with Crippen LogP contribution in [-0.2, 0) is 14.8 Å². The zero-order valence-electron chi connectivity index (χ0n) is 14.9. The molecular weight excluding hydrogens is 354 g/mol. The quantitative estimate of drug-likeness (QED) is 0.737. The lowest BCUT2D eigenvalue weighted by atomic mass is 9.97. The number of Topliss-reactive ketones (excluding diaryl/α,β-unsaturated/α-hetero) is 1. The Morgan fingerprint density at radius 1 is 1.12 bits per heavy atom. The number of ketones is 1. The van der Waals surface area contributed by atoms with Gasteiger partial charge in [-0.1, -0.05) is 12.1 Å². The van der Waals surface area contributed by atoms with E-state index in [-0.39, 0.29) is 28.5 Å². The van der Waals surface area contributed by atoms with Gasteiger partial charge in [-0.15, -0.1) is 0 Å². The largest absolute Gasteiger partial charge is 0.352 e. The molecular formula is C18H25N3O4S. The number of rotatable bonds is 5. The van der Waals surface area contributed by atoms with Gasteiger partial charge in [0.1, 0.15) is 0 Å². The van der Waals surface area contributed by atoms with Gasteiger partial charge in [0.05, 0.1) is 4.90 Å². The SMILES string of the molecule is CC(=O)c1ccc(S(=O)(=O)N2CCC(C(=O)NC3CCNC3)CC2)cc1. The fraction of sp³-hybridized carbons (Fsp3) is 0.556. The molecule has 0 spiro atoms. The van der Waals surface area contributed by atoms with Gasteiger partial charge in [-0.3, -0.25) is 9.59 Å². The topological polar surface area (TPSA) is 95.6 Å². The number of nitrogens with one attached hydrogen (secondary N) is 2. The summed E-state index contributed by atoms with van der Waals surface area (Å²) < 4.78 is 26.9. The predicted octanol–water partition coefficient (Wildman–Crippen LogP) is 0.768. The molecule has 0 bridgehead atoms. The molecule has 1 atom stereocenters. The van der Waals surface area contributed by atoms with Gasteiger partial charge in [-0.25, -0.2) is 8.42 Å². The first kappa shape index (κ1) is 19.0. The summed E-state index contributed by atoms with van der Waals surface area (Å²) in [6.45, 7) is 3.83. The second-order valence-electron chi connectivity index (χ2n) is 6.96. The van der Waals surface area contributed by atoms with E-state index in [0.717, 1.165) is 19.5 Å². The third kappa shape index (κ3) is 4.13. The number of nitrogens with zero attached hydrogens (tertiary/aromatic N) is 1. The van der Waals surface area contributed by atoms with E-state index in [4.69, 9.17) is 0 Å². The van der Waals surface area contributed by atoms with Crippen molar-refractivity contribution in [3.05, 3.63) is 29.8 Å². The smallest absolute Gasteiger partial charge is 0.243 e. The maximum Gasteiger partial charge on any atom is 0.243 e. The maximum atomic E-state index is 12.8. The fourth-order valence-electron chi connectivity index (χ4n) is 3.47. The molecule has 8 heteroatoms. The van der Waals surface area contributed by atoms with Gasteiger partial charge in [0, 0.05) is 37.2 Å². The third-order valence-electron chi connectivity index (χ3n) is 5.13. The van der Waals surface area contributed by atoms with Crippen LogP contribution >= 0.6 is 0 Å². The molecule has 1 unspecified atom stereocenters. The number of amides is 1. The van der Waals surface area contributed by atoms with E-state index in [0.29, 0.717) is 31.5 Å². The number of piperidine rings is 1. The van der Waals surface area contributed by atoms with Crippen molar-refractivity contribution >= 4 is 21.7 Å². The Hall–Kier alpha value is -1.77. The molecule has 0 radical (unpaired) electrons. The average Bonchev–Trinajstić information content (AvgIpc) is 3.15. The fourth-order valence-corrected chi connectivity index (χ4v) is 4.94. The first-order valence-electron chi connectivity index (χ1n) is 9.00. The van der Waals surface area contributed by atoms with E-state index in [9.17, 15) is 18.0 Å². The molecule has 0 aliphatic carbocycles. The normalized spacial score (nSPS) is 22.3. The molecule has 2 aliphatic heterocycles. The monoisotopic (exact) mass is 379 g/mol. The maximum absolute atomic E-state index is 12.8. The van der Waals surface area contributed by atoms with Gasteiger partial charge >= 0.3 is 0 Å². The second-order valence-corrected chi connectivity index (χ2v) is 8.90. The summed E-state index contributed by atoms with van der Waals surface area (Å²) in [5.74, 6) is -0.207. The Kier molecular flexibility index (Phi) is 5.74. The number of hydrogen-bond donors (Lipinski definition) is 2. The number of hydrogen-bond acceptors (Lipinski definition) is 5. The number of sulfonamides is 1. The highest BCUT2D eigenvalue weighted by atomic mass is 32.2. The van der Waals surface area contributed by atoms with Gasteiger partial charge in [0.25, 0.3) is 0 Å². The van der Waals surface area contributed by atoms with Crippen molar-refractivity contribution in [3.8, 4) is 0 Å². The van der Waals surface area contributed by atoms with Crippen molar-refractivity contribution in [1.82, 2.24) is 14.9 Å². The zero-order chi connectivity index (χ0) is 18.7. The lowest BCUT2D eigenvalue weighted by Gasteiger charge is -2.31. The minimum absolute atomic E-state index is 0.0292. The van der Waals surface area contributed by atoms with Crippen LogP contribution in [0.25, 0.3) is 0 Å². The first-order chi connectivity index (χ1) is 12.4. The van der Waals surface area contributed by atoms with E-state index in [1.54, 1.807) is 0 Å². The van der Waals surface area contributed by atoms with Crippen molar-refractivity contribution in [2.24, 2.45) is 5.92 Å². The van der Waals surface area contributed by atoms with Crippen LogP contribution in [0.5, 0.6) is 0 Å². The van der Waals surface area contributed by atoms with E-state index < -0.39 is 10.0 Å². The van der Waals surface area contributed by atoms with Crippen LogP contribution in [0.3, 0.4) is 0 Å². The minimum Gasteiger partial charge on any atom is -0.352 e. The molecule has 0 aromatic heterocycles. The summed E-state index contributed by atoms with van der Waals surface area (Å²) in [6, 6.07) is 6.19. The van der Waals surface area contributed by atoms with Gasteiger partial charge in [-0.05, 0) is 44.9 Å². The Labute approximate surface area is 154 Å². The zero-order valence-corrected chi connectivity index (χ0v) is 15.7. The molecule has 1 aromatic rings. The molecule has 3 rings (SSSR count). The number of carbonyl (C=O) groups is 2. The van der Waals surface area contributed by atoms with Crippen LogP contribution < -0.4 is 10.6 Å². The standard InChI is InChI=1S/C18H25N3O4S/c1-13(22)14-2-4-17(5-3-14)26(24,25)21-10-7-15(8-11-21)18(23)20-16-6-9-19-12-16/h2-5,15-16,19H,6-12H2,1H3,(H,20,23). The van der Waals surface area contributed by atoms with Crippen LogP contribution in [0.1, 0.15) is 36.5 Å². The van der Waals surface area contributed by atoms with Gasteiger partial charge in [0.15, 0.2) is 5.78 Å². The molecule has 142 valence electrons. The highest BCUT2D eigenvalue weighted by Crippen LogP contribution is 2.24. The lowest BCUT2D eigenvalue weighted by molar-refractivity contribution is -0.126. The highest BCUT2D eigenvalue weighted by Gasteiger charge is 2.33. The van der Waals surface area contributed by atoms with Crippen molar-refractivity contribution in [3.63, 3.8) is 0 Å². The van der Waals surface area contributed by atoms with Gasteiger partial charge in [0.2, 0.25) is 15.9 Å². The molecule has 2 heterocycles. The van der Waals surface area contributed by atoms with Crippen LogP contribution in [0, 0.1) is 5.92 Å². The number of benzene rings is 1. The molecule has 7 nitrogen and oxygen atoms in total. The van der Waals surface area contributed by atoms with E-state index in [1.807, 2.05) is 0 Å². The summed E-state index contributed by atoms with van der Waals surface area (Å²) in [7, 11) is -3.60. The van der Waals surface area contributed by atoms with Crippen LogP contribution in [0.4, 0.5) is 0 Å². The van der Waals surface area contributed by atoms with Crippen LogP contribution in [0.15, 0.2) is 29.2 Å². The molecule has 2 saturated heterocycles. The molecule has 1 amide bonds. The Balaban J connectivity index is 1.59. The Morgan fingerprint density at radius 3 is 2.31 bits per heavy atom. The lowest BCUT2D eigenvalue weighted by Crippen LogP contribution is -2.45. The summed E-state index contributed by atoms with van der Waals surface area (Å²) in [5, 5.41) is 6.26. The molecule has 2 fully saturated rings. The molecule has 1 aromatic carbocycles. The number of carbonyl (C=O) groups excluding carboxylic acids is 2. The van der Waals surface area contributed by atoms with E-state index >= 15 is 0 Å². The first-order valence-corrected chi connectivity index (χ1v) is 10.4. The molecule has 26 heavy (non-hydrogen) atoms. The summed E-state index contributed by atoms with van der Waals surface area (Å²) in [4.78, 5) is 23.9. The molecule has 2 aliphatic rings. The van der Waals surface area contributed by atoms with Gasteiger partial charge in [-0.2, -0.15) is 4.31 Å². The van der Waals surface area contributed by atoms with Gasteiger partial charge < -0.3 is 10.6 Å². The summed E-state index contributed by atoms with van der Waals surface area (Å²) >= 11 is 0. The van der Waals surface area contributed by atoms with E-state index in [1.165, 1.54) is 35.5 Å². The molecule has 2 N–H and O–H groups in total. The van der Waals surface area contributed by atoms with Crippen molar-refractivity contribution in [1.29, 1.82) is 0 Å². The minimum atomic E-state index is -3.60. The van der Waals surface area contributed by atoms with Crippen LogP contribution in [-0.4, -0.2) is 56.6 Å². The third-order valence-corrected chi connectivity index (χ3v) is 7.04. The van der Waals surface area contributed by atoms with Crippen molar-refractivity contribution in [2.75, 3.05) is 26.2 Å².